The van der Waals surface area contributed by atoms with Crippen molar-refractivity contribution in [2.45, 2.75) is 76.8 Å². The third-order valence-electron chi connectivity index (χ3n) is 4.68. The summed E-state index contributed by atoms with van der Waals surface area (Å²) in [5.41, 5.74) is -2.16. The van der Waals surface area contributed by atoms with Crippen LogP contribution in [0.1, 0.15) is 47.5 Å². The predicted molar refractivity (Wildman–Crippen MR) is 80.1 cm³/mol. The van der Waals surface area contributed by atoms with E-state index >= 15 is 0 Å². The molecular formula is C13H23N3O8. The Labute approximate surface area is 138 Å². The first kappa shape index (κ1) is 19.9. The van der Waals surface area contributed by atoms with Crippen molar-refractivity contribution < 1.29 is 29.7 Å². The number of aliphatic carboxylic acids is 1. The Bertz CT molecular complexity index is 485. The van der Waals surface area contributed by atoms with Gasteiger partial charge in [-0.15, -0.1) is 20.2 Å². The van der Waals surface area contributed by atoms with Gasteiger partial charge in [-0.2, -0.15) is 0 Å². The summed E-state index contributed by atoms with van der Waals surface area (Å²) in [5.74, 6) is -1.15. The molecule has 11 heteroatoms. The Balaban J connectivity index is 3.41. The van der Waals surface area contributed by atoms with Crippen LogP contribution in [0.4, 0.5) is 0 Å². The number of nitrogens with zero attached hydrogens (tertiary/aromatic N) is 3. The van der Waals surface area contributed by atoms with E-state index < -0.39 is 45.5 Å². The summed E-state index contributed by atoms with van der Waals surface area (Å²) in [5, 5.41) is 29.2. The molecule has 1 aliphatic rings. The first-order valence-electron chi connectivity index (χ1n) is 7.46. The summed E-state index contributed by atoms with van der Waals surface area (Å²) in [6, 6.07) is -1.07. The molecule has 0 bridgehead atoms. The van der Waals surface area contributed by atoms with E-state index in [1.165, 1.54) is 11.8 Å². The van der Waals surface area contributed by atoms with E-state index in [0.717, 1.165) is 0 Å². The Morgan fingerprint density at radius 1 is 1.08 bits per heavy atom. The second-order valence-electron chi connectivity index (χ2n) is 6.90. The largest absolute Gasteiger partial charge is 0.480 e. The minimum atomic E-state index is -1.15. The van der Waals surface area contributed by atoms with Crippen molar-refractivity contribution in [1.82, 2.24) is 4.90 Å². The molecule has 11 nitrogen and oxygen atoms in total. The van der Waals surface area contributed by atoms with Gasteiger partial charge < -0.3 is 14.8 Å². The Morgan fingerprint density at radius 3 is 1.67 bits per heavy atom. The second-order valence-corrected chi connectivity index (χ2v) is 6.90. The molecule has 1 saturated heterocycles. The number of likely N-dealkylation sites (tertiary alicyclic amines) is 1. The zero-order chi connectivity index (χ0) is 18.9. The van der Waals surface area contributed by atoms with Crippen molar-refractivity contribution in [3.63, 3.8) is 0 Å². The Morgan fingerprint density at radius 2 is 1.42 bits per heavy atom. The highest BCUT2D eigenvalue weighted by Gasteiger charge is 2.54. The lowest BCUT2D eigenvalue weighted by Crippen LogP contribution is -2.67. The molecule has 0 spiro atoms. The van der Waals surface area contributed by atoms with Gasteiger partial charge in [-0.3, -0.25) is 9.69 Å². The Hall–Kier alpha value is -2.17. The molecule has 0 saturated carbocycles. The maximum Gasteiger partial charge on any atom is 0.320 e. The first-order valence-corrected chi connectivity index (χ1v) is 7.46. The van der Waals surface area contributed by atoms with Crippen LogP contribution < -0.4 is 0 Å². The highest BCUT2D eigenvalue weighted by molar-refractivity contribution is 5.73. The van der Waals surface area contributed by atoms with Gasteiger partial charge in [0.2, 0.25) is 0 Å². The van der Waals surface area contributed by atoms with E-state index in [9.17, 15) is 30.1 Å². The lowest BCUT2D eigenvalue weighted by molar-refractivity contribution is -0.772. The van der Waals surface area contributed by atoms with E-state index in [0.29, 0.717) is 0 Å². The molecule has 3 unspecified atom stereocenters. The molecule has 138 valence electrons. The van der Waals surface area contributed by atoms with Gasteiger partial charge in [0.15, 0.2) is 0 Å². The second kappa shape index (κ2) is 6.75. The van der Waals surface area contributed by atoms with E-state index in [1.807, 2.05) is 0 Å². The fraction of sp³-hybridized carbons (Fsp3) is 0.923. The summed E-state index contributed by atoms with van der Waals surface area (Å²) in [7, 11) is 0. The van der Waals surface area contributed by atoms with Crippen molar-refractivity contribution in [2.24, 2.45) is 0 Å². The zero-order valence-electron chi connectivity index (χ0n) is 14.3. The third-order valence-corrected chi connectivity index (χ3v) is 4.68. The molecule has 24 heavy (non-hydrogen) atoms. The minimum absolute atomic E-state index is 0.110. The number of hydrogen-bond donors (Lipinski definition) is 1. The van der Waals surface area contributed by atoms with Crippen LogP contribution in [0.5, 0.6) is 0 Å². The van der Waals surface area contributed by atoms with Crippen LogP contribution in [0, 0.1) is 20.2 Å². The molecule has 1 N–H and O–H groups in total. The van der Waals surface area contributed by atoms with Gasteiger partial charge in [-0.25, -0.2) is 0 Å². The molecule has 3 atom stereocenters. The molecule has 0 aromatic heterocycles. The summed E-state index contributed by atoms with van der Waals surface area (Å²) in [6.07, 6.45) is -1.71. The van der Waals surface area contributed by atoms with Crippen molar-refractivity contribution in [1.29, 1.82) is 0 Å². The average Bonchev–Trinajstić information content (AvgIpc) is 2.45. The number of carbonyl (C=O) groups is 1. The summed E-state index contributed by atoms with van der Waals surface area (Å²) < 4.78 is 0. The molecule has 1 rings (SSSR count). The predicted octanol–water partition coefficient (Wildman–Crippen LogP) is 1.27. The van der Waals surface area contributed by atoms with E-state index in [2.05, 4.69) is 0 Å². The molecule has 0 aromatic rings. The lowest BCUT2D eigenvalue weighted by atomic mass is 9.87. The van der Waals surface area contributed by atoms with Gasteiger partial charge in [0.1, 0.15) is 18.2 Å². The SMILES string of the molecule is CC(C(=O)O)N1C(C)(C)C(O[N+](=O)[O-])CCC(O[N+](=O)[O-])C1(C)C. The van der Waals surface area contributed by atoms with Crippen molar-refractivity contribution in [3.05, 3.63) is 20.2 Å². The number of rotatable bonds is 6. The normalized spacial score (nSPS) is 27.5. The molecule has 0 aliphatic carbocycles. The number of carboxylic acid groups (broad SMARTS) is 1. The molecule has 0 radical (unpaired) electrons. The fourth-order valence-corrected chi connectivity index (χ4v) is 3.74. The lowest BCUT2D eigenvalue weighted by Gasteiger charge is -2.52. The smallest absolute Gasteiger partial charge is 0.320 e. The third kappa shape index (κ3) is 3.83. The van der Waals surface area contributed by atoms with Crippen molar-refractivity contribution in [3.8, 4) is 0 Å². The van der Waals surface area contributed by atoms with E-state index in [-0.39, 0.29) is 12.8 Å². The molecule has 1 heterocycles. The molecule has 1 aliphatic heterocycles. The van der Waals surface area contributed by atoms with Crippen LogP contribution in [0.15, 0.2) is 0 Å². The summed E-state index contributed by atoms with van der Waals surface area (Å²) in [4.78, 5) is 44.2. The summed E-state index contributed by atoms with van der Waals surface area (Å²) in [6.45, 7) is 7.91. The van der Waals surface area contributed by atoms with Crippen molar-refractivity contribution in [2.75, 3.05) is 0 Å². The van der Waals surface area contributed by atoms with Gasteiger partial charge >= 0.3 is 5.97 Å². The number of hydrogen-bond acceptors (Lipinski definition) is 8. The Kier molecular flexibility index (Phi) is 5.59. The molecular weight excluding hydrogens is 326 g/mol. The topological polar surface area (TPSA) is 145 Å². The first-order chi connectivity index (χ1) is 10.8. The quantitative estimate of drug-likeness (QED) is 0.553. The maximum absolute atomic E-state index is 11.6. The molecule has 0 amide bonds. The summed E-state index contributed by atoms with van der Waals surface area (Å²) >= 11 is 0. The van der Waals surface area contributed by atoms with Crippen LogP contribution >= 0.6 is 0 Å². The van der Waals surface area contributed by atoms with Crippen LogP contribution in [0.25, 0.3) is 0 Å². The van der Waals surface area contributed by atoms with E-state index in [1.54, 1.807) is 27.7 Å². The van der Waals surface area contributed by atoms with Crippen LogP contribution in [-0.4, -0.2) is 55.5 Å². The van der Waals surface area contributed by atoms with Crippen LogP contribution in [0.2, 0.25) is 0 Å². The van der Waals surface area contributed by atoms with Gasteiger partial charge in [-0.05, 0) is 47.5 Å². The van der Waals surface area contributed by atoms with Crippen LogP contribution in [-0.2, 0) is 14.5 Å². The monoisotopic (exact) mass is 349 g/mol. The van der Waals surface area contributed by atoms with Gasteiger partial charge in [0, 0.05) is 11.1 Å². The maximum atomic E-state index is 11.6. The van der Waals surface area contributed by atoms with Gasteiger partial charge in [0.25, 0.3) is 10.2 Å². The van der Waals surface area contributed by atoms with E-state index in [4.69, 9.17) is 9.68 Å². The highest BCUT2D eigenvalue weighted by atomic mass is 17.0. The average molecular weight is 349 g/mol. The van der Waals surface area contributed by atoms with Crippen molar-refractivity contribution >= 4 is 5.97 Å². The number of carboxylic acids is 1. The fourth-order valence-electron chi connectivity index (χ4n) is 3.74. The molecule has 1 fully saturated rings. The van der Waals surface area contributed by atoms with Gasteiger partial charge in [-0.1, -0.05) is 0 Å². The molecule has 0 aromatic carbocycles. The van der Waals surface area contributed by atoms with Gasteiger partial charge in [0.05, 0.1) is 0 Å². The standard InChI is InChI=1S/C13H23N3O8/c1-8(11(17)18)14-12(2,3)9(23-15(19)20)6-7-10(13(14,4)5)24-16(21)22/h8-10H,6-7H2,1-5H3,(H,17,18). The van der Waals surface area contributed by atoms with Crippen LogP contribution in [0.3, 0.4) is 0 Å². The minimum Gasteiger partial charge on any atom is -0.480 e. The zero-order valence-corrected chi connectivity index (χ0v) is 14.3. The highest BCUT2D eigenvalue weighted by Crippen LogP contribution is 2.41.